The van der Waals surface area contributed by atoms with Gasteiger partial charge in [0.05, 0.1) is 17.5 Å². The van der Waals surface area contributed by atoms with E-state index in [9.17, 15) is 14.6 Å². The van der Waals surface area contributed by atoms with Gasteiger partial charge in [0.2, 0.25) is 0 Å². The summed E-state index contributed by atoms with van der Waals surface area (Å²) < 4.78 is 16.3. The van der Waals surface area contributed by atoms with E-state index < -0.39 is 17.9 Å². The summed E-state index contributed by atoms with van der Waals surface area (Å²) in [5.74, 6) is 0.182. The van der Waals surface area contributed by atoms with E-state index in [2.05, 4.69) is 43.3 Å². The zero-order chi connectivity index (χ0) is 23.0. The average molecular weight is 516 g/mol. The maximum atomic E-state index is 13.7. The van der Waals surface area contributed by atoms with Crippen molar-refractivity contribution >= 4 is 32.8 Å². The summed E-state index contributed by atoms with van der Waals surface area (Å²) in [6, 6.07) is 7.84. The van der Waals surface area contributed by atoms with Crippen molar-refractivity contribution in [2.24, 2.45) is 5.41 Å². The Bertz CT molecular complexity index is 1200. The summed E-state index contributed by atoms with van der Waals surface area (Å²) in [5, 5.41) is 25.9. The Morgan fingerprint density at radius 1 is 1.15 bits per heavy atom. The maximum absolute atomic E-state index is 13.7. The Balaban J connectivity index is 1.15. The molecular formula is C24H27BrFN5O2. The van der Waals surface area contributed by atoms with Crippen LogP contribution in [0.1, 0.15) is 48.8 Å². The van der Waals surface area contributed by atoms with Crippen LogP contribution in [0, 0.1) is 5.41 Å². The third-order valence-electron chi connectivity index (χ3n) is 7.91. The quantitative estimate of drug-likeness (QED) is 0.401. The van der Waals surface area contributed by atoms with Crippen LogP contribution in [0.3, 0.4) is 0 Å². The smallest absolute Gasteiger partial charge is 0.146 e. The molecule has 3 aromatic rings. The van der Waals surface area contributed by atoms with Crippen LogP contribution in [0.5, 0.6) is 0 Å². The van der Waals surface area contributed by atoms with Crippen LogP contribution >= 0.6 is 15.9 Å². The number of aromatic nitrogens is 3. The molecule has 0 unspecified atom stereocenters. The largest absolute Gasteiger partial charge is 0.390 e. The summed E-state index contributed by atoms with van der Waals surface area (Å²) >= 11 is 3.52. The van der Waals surface area contributed by atoms with Crippen molar-refractivity contribution in [1.82, 2.24) is 19.9 Å². The number of nitrogens with two attached hydrogens (primary N) is 1. The van der Waals surface area contributed by atoms with Crippen molar-refractivity contribution in [1.29, 1.82) is 0 Å². The second-order valence-corrected chi connectivity index (χ2v) is 11.1. The maximum Gasteiger partial charge on any atom is 0.146 e. The van der Waals surface area contributed by atoms with Crippen molar-refractivity contribution in [3.63, 3.8) is 0 Å². The molecule has 0 spiro atoms. The molecule has 2 aromatic heterocycles. The number of aliphatic hydroxyl groups is 2. The molecule has 0 aliphatic heterocycles. The first-order valence-corrected chi connectivity index (χ1v) is 12.2. The Morgan fingerprint density at radius 2 is 1.88 bits per heavy atom. The normalized spacial score (nSPS) is 34.9. The number of hydrogen-bond donors (Lipinski definition) is 4. The Hall–Kier alpha value is -2.07. The number of hydrogen-bond acceptors (Lipinski definition) is 6. The second-order valence-electron chi connectivity index (χ2n) is 10.3. The van der Waals surface area contributed by atoms with Gasteiger partial charge in [0.1, 0.15) is 29.6 Å². The average Bonchev–Trinajstić information content (AvgIpc) is 3.24. The molecule has 1 aromatic carbocycles. The van der Waals surface area contributed by atoms with Crippen molar-refractivity contribution in [3.8, 4) is 0 Å². The molecule has 0 amide bonds. The number of anilines is 1. The minimum Gasteiger partial charge on any atom is -0.390 e. The molecule has 2 bridgehead atoms. The summed E-state index contributed by atoms with van der Waals surface area (Å²) in [4.78, 5) is 8.41. The van der Waals surface area contributed by atoms with Gasteiger partial charge in [0.25, 0.3) is 0 Å². The Morgan fingerprint density at radius 3 is 2.58 bits per heavy atom. The molecule has 4 fully saturated rings. The molecule has 33 heavy (non-hydrogen) atoms. The number of aliphatic hydroxyl groups excluding tert-OH is 2. The van der Waals surface area contributed by atoms with Gasteiger partial charge >= 0.3 is 0 Å². The van der Waals surface area contributed by atoms with Gasteiger partial charge in [-0.25, -0.2) is 14.4 Å². The summed E-state index contributed by atoms with van der Waals surface area (Å²) in [6.07, 6.45) is 4.15. The lowest BCUT2D eigenvalue weighted by atomic mass is 9.42. The number of rotatable bonds is 6. The molecule has 4 aliphatic rings. The fraction of sp³-hybridized carbons (Fsp3) is 0.500. The zero-order valence-corrected chi connectivity index (χ0v) is 19.7. The van der Waals surface area contributed by atoms with E-state index in [1.165, 1.54) is 6.33 Å². The number of nitrogen functional groups attached to an aromatic ring is 1. The summed E-state index contributed by atoms with van der Waals surface area (Å²) in [5.41, 5.74) is 8.14. The number of nitrogens with zero attached hydrogens (tertiary/aromatic N) is 3. The molecule has 174 valence electrons. The lowest BCUT2D eigenvalue weighted by molar-refractivity contribution is -0.209. The van der Waals surface area contributed by atoms with E-state index in [0.717, 1.165) is 28.7 Å². The van der Waals surface area contributed by atoms with Crippen LogP contribution in [0.15, 0.2) is 41.3 Å². The first-order valence-electron chi connectivity index (χ1n) is 11.4. The van der Waals surface area contributed by atoms with Gasteiger partial charge in [-0.05, 0) is 58.2 Å². The fourth-order valence-electron chi connectivity index (χ4n) is 6.33. The third-order valence-corrected chi connectivity index (χ3v) is 8.52. The van der Waals surface area contributed by atoms with Gasteiger partial charge in [0, 0.05) is 29.7 Å². The van der Waals surface area contributed by atoms with E-state index in [4.69, 9.17) is 5.73 Å². The molecule has 0 radical (unpaired) electrons. The van der Waals surface area contributed by atoms with E-state index in [1.807, 2.05) is 22.9 Å². The zero-order valence-electron chi connectivity index (χ0n) is 18.1. The molecule has 7 rings (SSSR count). The standard InChI is InChI=1S/C24H27BrFN5O2/c25-16-7-31(22-18(16)21(27)29-12-30-22)17-5-15(19(32)20(17)33)14-3-1-13(2-4-14)6-28-11-23-8-24(26,9-23)10-23/h1-4,7,12,15,17,19-20,28,32-33H,5-6,8-11H2,(H2,27,29,30)/t15-,17-,19-,20+,23?,24?/m1/s1. The highest BCUT2D eigenvalue weighted by Gasteiger charge is 2.68. The van der Waals surface area contributed by atoms with Crippen molar-refractivity contribution in [2.45, 2.75) is 62.1 Å². The fourth-order valence-corrected chi connectivity index (χ4v) is 6.94. The summed E-state index contributed by atoms with van der Waals surface area (Å²) in [7, 11) is 0. The molecule has 4 saturated carbocycles. The van der Waals surface area contributed by atoms with Gasteiger partial charge in [-0.2, -0.15) is 0 Å². The predicted octanol–water partition coefficient (Wildman–Crippen LogP) is 3.21. The molecule has 4 aliphatic carbocycles. The lowest BCUT2D eigenvalue weighted by Crippen LogP contribution is -2.67. The first kappa shape index (κ1) is 21.5. The van der Waals surface area contributed by atoms with Crippen molar-refractivity contribution in [3.05, 3.63) is 52.4 Å². The number of alkyl halides is 1. The van der Waals surface area contributed by atoms with E-state index in [1.54, 1.807) is 0 Å². The third kappa shape index (κ3) is 3.39. The van der Waals surface area contributed by atoms with Gasteiger partial charge < -0.3 is 25.8 Å². The highest BCUT2D eigenvalue weighted by atomic mass is 79.9. The monoisotopic (exact) mass is 515 g/mol. The van der Waals surface area contributed by atoms with Gasteiger partial charge in [-0.15, -0.1) is 0 Å². The highest BCUT2D eigenvalue weighted by Crippen LogP contribution is 2.69. The van der Waals surface area contributed by atoms with Crippen molar-refractivity contribution < 1.29 is 14.6 Å². The number of nitrogens with one attached hydrogen (secondary N) is 1. The van der Waals surface area contributed by atoms with Crippen LogP contribution < -0.4 is 11.1 Å². The van der Waals surface area contributed by atoms with Crippen LogP contribution in [-0.4, -0.2) is 49.2 Å². The minimum atomic E-state index is -0.929. The van der Waals surface area contributed by atoms with Crippen LogP contribution in [-0.2, 0) is 6.54 Å². The molecule has 7 nitrogen and oxygen atoms in total. The second kappa shape index (κ2) is 7.46. The lowest BCUT2D eigenvalue weighted by Gasteiger charge is -2.66. The highest BCUT2D eigenvalue weighted by molar-refractivity contribution is 9.10. The van der Waals surface area contributed by atoms with Crippen molar-refractivity contribution in [2.75, 3.05) is 12.3 Å². The Kier molecular flexibility index (Phi) is 4.85. The van der Waals surface area contributed by atoms with E-state index in [0.29, 0.717) is 42.5 Å². The first-order chi connectivity index (χ1) is 15.8. The van der Waals surface area contributed by atoms with Crippen LogP contribution in [0.2, 0.25) is 0 Å². The molecule has 5 N–H and O–H groups in total. The van der Waals surface area contributed by atoms with E-state index in [-0.39, 0.29) is 17.4 Å². The van der Waals surface area contributed by atoms with Gasteiger partial charge in [-0.3, -0.25) is 0 Å². The topological polar surface area (TPSA) is 109 Å². The molecular weight excluding hydrogens is 489 g/mol. The number of benzene rings is 1. The van der Waals surface area contributed by atoms with Crippen LogP contribution in [0.25, 0.3) is 11.0 Å². The summed E-state index contributed by atoms with van der Waals surface area (Å²) in [6.45, 7) is 1.61. The Labute approximate surface area is 199 Å². The number of halogens is 2. The van der Waals surface area contributed by atoms with E-state index >= 15 is 0 Å². The van der Waals surface area contributed by atoms with Gasteiger partial charge in [0.15, 0.2) is 0 Å². The predicted molar refractivity (Wildman–Crippen MR) is 126 cm³/mol. The van der Waals surface area contributed by atoms with Gasteiger partial charge in [-0.1, -0.05) is 24.3 Å². The minimum absolute atomic E-state index is 0.191. The molecule has 9 heteroatoms. The molecule has 2 heterocycles. The van der Waals surface area contributed by atoms with Crippen LogP contribution in [0.4, 0.5) is 10.2 Å². The SMILES string of the molecule is Nc1ncnc2c1c(Br)cn2[C@@H]1C[C@H](c2ccc(CNCC34CC(F)(C3)C4)cc2)[C@@H](O)[C@H]1O. The number of fused-ring (bicyclic) bond motifs is 1. The molecule has 4 atom stereocenters. The molecule has 0 saturated heterocycles.